The largest absolute Gasteiger partial charge is 0.447 e. The number of H-pyrrole nitrogens is 1. The van der Waals surface area contributed by atoms with Crippen LogP contribution >= 0.6 is 11.6 Å². The number of aromatic amines is 1. The number of aromatic nitrogens is 2. The normalized spacial score (nSPS) is 15.1. The molecule has 0 unspecified atom stereocenters. The van der Waals surface area contributed by atoms with Crippen molar-refractivity contribution in [3.8, 4) is 0 Å². The van der Waals surface area contributed by atoms with E-state index in [1.54, 1.807) is 6.07 Å². The van der Waals surface area contributed by atoms with Gasteiger partial charge in [-0.25, -0.2) is 10.2 Å². The van der Waals surface area contributed by atoms with Crippen LogP contribution in [0.1, 0.15) is 55.4 Å². The molecule has 1 aromatic heterocycles. The van der Waals surface area contributed by atoms with Gasteiger partial charge in [-0.05, 0) is 36.6 Å². The number of halogens is 1. The lowest BCUT2D eigenvalue weighted by atomic mass is 9.92. The van der Waals surface area contributed by atoms with E-state index < -0.39 is 12.0 Å². The van der Waals surface area contributed by atoms with Gasteiger partial charge in [0.2, 0.25) is 0 Å². The molecule has 0 aliphatic heterocycles. The van der Waals surface area contributed by atoms with Crippen molar-refractivity contribution < 1.29 is 14.3 Å². The SMILES string of the molecule is CC(C)(C)c1cc(C(=O)NNC(=O)OCC2(c3ccc(Cl)cc3)CC2)n[nH]1. The van der Waals surface area contributed by atoms with Crippen molar-refractivity contribution in [1.29, 1.82) is 0 Å². The Labute approximate surface area is 162 Å². The van der Waals surface area contributed by atoms with Gasteiger partial charge in [0.15, 0.2) is 5.69 Å². The Balaban J connectivity index is 1.48. The zero-order chi connectivity index (χ0) is 19.7. The van der Waals surface area contributed by atoms with Crippen LogP contribution in [0.15, 0.2) is 30.3 Å². The summed E-state index contributed by atoms with van der Waals surface area (Å²) in [5, 5.41) is 7.46. The van der Waals surface area contributed by atoms with Crippen LogP contribution in [-0.2, 0) is 15.6 Å². The third-order valence-electron chi connectivity index (χ3n) is 4.69. The molecule has 0 atom stereocenters. The first-order valence-corrected chi connectivity index (χ1v) is 9.12. The lowest BCUT2D eigenvalue weighted by Gasteiger charge is -2.16. The summed E-state index contributed by atoms with van der Waals surface area (Å²) in [7, 11) is 0. The molecule has 3 N–H and O–H groups in total. The summed E-state index contributed by atoms with van der Waals surface area (Å²) in [5.74, 6) is -0.516. The number of carbonyl (C=O) groups excluding carboxylic acids is 2. The molecule has 0 spiro atoms. The molecule has 1 heterocycles. The third-order valence-corrected chi connectivity index (χ3v) is 4.94. The number of amides is 2. The van der Waals surface area contributed by atoms with Crippen molar-refractivity contribution >= 4 is 23.6 Å². The van der Waals surface area contributed by atoms with Gasteiger partial charge in [-0.3, -0.25) is 15.3 Å². The number of hydrogen-bond donors (Lipinski definition) is 3. The molecule has 0 saturated heterocycles. The van der Waals surface area contributed by atoms with Crippen molar-refractivity contribution in [2.24, 2.45) is 0 Å². The summed E-state index contributed by atoms with van der Waals surface area (Å²) in [6.45, 7) is 6.26. The minimum atomic E-state index is -0.713. The summed E-state index contributed by atoms with van der Waals surface area (Å²) in [6, 6.07) is 9.20. The van der Waals surface area contributed by atoms with Crippen molar-refractivity contribution in [2.45, 2.75) is 44.4 Å². The molecule has 2 aromatic rings. The summed E-state index contributed by atoms with van der Waals surface area (Å²) < 4.78 is 5.27. The maximum Gasteiger partial charge on any atom is 0.426 e. The van der Waals surface area contributed by atoms with Gasteiger partial charge < -0.3 is 4.74 Å². The van der Waals surface area contributed by atoms with Gasteiger partial charge in [0.05, 0.1) is 0 Å². The van der Waals surface area contributed by atoms with Crippen LogP contribution in [0.3, 0.4) is 0 Å². The van der Waals surface area contributed by atoms with Crippen molar-refractivity contribution in [3.05, 3.63) is 52.3 Å². The van der Waals surface area contributed by atoms with E-state index in [0.717, 1.165) is 24.1 Å². The molecule has 144 valence electrons. The molecule has 1 fully saturated rings. The van der Waals surface area contributed by atoms with E-state index in [2.05, 4.69) is 21.0 Å². The highest BCUT2D eigenvalue weighted by Crippen LogP contribution is 2.48. The summed E-state index contributed by atoms with van der Waals surface area (Å²) >= 11 is 5.91. The van der Waals surface area contributed by atoms with Crippen LogP contribution in [0.4, 0.5) is 4.79 Å². The van der Waals surface area contributed by atoms with E-state index in [9.17, 15) is 9.59 Å². The first-order chi connectivity index (χ1) is 12.7. The average molecular weight is 391 g/mol. The molecule has 0 radical (unpaired) electrons. The molecule has 2 amide bonds. The van der Waals surface area contributed by atoms with Gasteiger partial charge in [-0.15, -0.1) is 0 Å². The molecular formula is C19H23ClN4O3. The first kappa shape index (κ1) is 19.2. The first-order valence-electron chi connectivity index (χ1n) is 8.75. The topological polar surface area (TPSA) is 96.1 Å². The zero-order valence-corrected chi connectivity index (χ0v) is 16.3. The second-order valence-electron chi connectivity index (χ2n) is 7.86. The van der Waals surface area contributed by atoms with Crippen LogP contribution in [0, 0.1) is 0 Å². The minimum Gasteiger partial charge on any atom is -0.447 e. The fraction of sp³-hybridized carbons (Fsp3) is 0.421. The molecule has 0 bridgehead atoms. The summed E-state index contributed by atoms with van der Waals surface area (Å²) in [4.78, 5) is 24.0. The Morgan fingerprint density at radius 1 is 1.22 bits per heavy atom. The number of nitrogens with one attached hydrogen (secondary N) is 3. The molecule has 27 heavy (non-hydrogen) atoms. The van der Waals surface area contributed by atoms with Crippen molar-refractivity contribution in [2.75, 3.05) is 6.61 Å². The molecular weight excluding hydrogens is 368 g/mol. The Kier molecular flexibility index (Phi) is 5.15. The number of carbonyl (C=O) groups is 2. The van der Waals surface area contributed by atoms with Crippen LogP contribution in [0.25, 0.3) is 0 Å². The maximum atomic E-state index is 12.1. The zero-order valence-electron chi connectivity index (χ0n) is 15.6. The lowest BCUT2D eigenvalue weighted by Crippen LogP contribution is -2.42. The second kappa shape index (κ2) is 7.23. The maximum absolute atomic E-state index is 12.1. The number of nitrogens with zero attached hydrogens (tertiary/aromatic N) is 1. The molecule has 3 rings (SSSR count). The quantitative estimate of drug-likeness (QED) is 0.696. The van der Waals surface area contributed by atoms with E-state index in [-0.39, 0.29) is 23.1 Å². The molecule has 1 saturated carbocycles. The molecule has 8 heteroatoms. The Morgan fingerprint density at radius 3 is 2.44 bits per heavy atom. The lowest BCUT2D eigenvalue weighted by molar-refractivity contribution is 0.0898. The van der Waals surface area contributed by atoms with E-state index in [4.69, 9.17) is 16.3 Å². The van der Waals surface area contributed by atoms with Crippen LogP contribution in [0.2, 0.25) is 5.02 Å². The predicted molar refractivity (Wildman–Crippen MR) is 102 cm³/mol. The Bertz CT molecular complexity index is 835. The number of rotatable bonds is 4. The highest BCUT2D eigenvalue weighted by Gasteiger charge is 2.45. The highest BCUT2D eigenvalue weighted by molar-refractivity contribution is 6.30. The summed E-state index contributed by atoms with van der Waals surface area (Å²) in [6.07, 6.45) is 1.17. The fourth-order valence-corrected chi connectivity index (χ4v) is 2.83. The molecule has 1 aromatic carbocycles. The van der Waals surface area contributed by atoms with E-state index in [0.29, 0.717) is 5.02 Å². The van der Waals surface area contributed by atoms with Crippen LogP contribution in [0.5, 0.6) is 0 Å². The van der Waals surface area contributed by atoms with E-state index in [1.807, 2.05) is 45.0 Å². The number of hydrazine groups is 1. The fourth-order valence-electron chi connectivity index (χ4n) is 2.70. The smallest absolute Gasteiger partial charge is 0.426 e. The highest BCUT2D eigenvalue weighted by atomic mass is 35.5. The van der Waals surface area contributed by atoms with Gasteiger partial charge in [0.1, 0.15) is 6.61 Å². The van der Waals surface area contributed by atoms with Crippen LogP contribution < -0.4 is 10.9 Å². The van der Waals surface area contributed by atoms with Crippen molar-refractivity contribution in [3.63, 3.8) is 0 Å². The molecule has 7 nitrogen and oxygen atoms in total. The van der Waals surface area contributed by atoms with Crippen LogP contribution in [-0.4, -0.2) is 28.8 Å². The van der Waals surface area contributed by atoms with Gasteiger partial charge in [0.25, 0.3) is 5.91 Å². The van der Waals surface area contributed by atoms with Gasteiger partial charge in [-0.1, -0.05) is 44.5 Å². The Hall–Kier alpha value is -2.54. The molecule has 1 aliphatic rings. The van der Waals surface area contributed by atoms with Crippen molar-refractivity contribution in [1.82, 2.24) is 21.0 Å². The van der Waals surface area contributed by atoms with Gasteiger partial charge >= 0.3 is 6.09 Å². The number of hydrogen-bond acceptors (Lipinski definition) is 4. The standard InChI is InChI=1S/C19H23ClN4O3/c1-18(2,3)15-10-14(21-22-15)16(25)23-24-17(26)27-11-19(8-9-19)12-4-6-13(20)7-5-12/h4-7,10H,8-9,11H2,1-3H3,(H,21,22)(H,23,25)(H,24,26). The number of ether oxygens (including phenoxy) is 1. The van der Waals surface area contributed by atoms with E-state index in [1.165, 1.54) is 0 Å². The van der Waals surface area contributed by atoms with Gasteiger partial charge in [0, 0.05) is 21.5 Å². The predicted octanol–water partition coefficient (Wildman–Crippen LogP) is 3.46. The third kappa shape index (κ3) is 4.60. The number of benzene rings is 1. The Morgan fingerprint density at radius 2 is 1.89 bits per heavy atom. The monoisotopic (exact) mass is 390 g/mol. The average Bonchev–Trinajstić information content (AvgIpc) is 3.22. The summed E-state index contributed by atoms with van der Waals surface area (Å²) in [5.41, 5.74) is 6.36. The molecule has 1 aliphatic carbocycles. The second-order valence-corrected chi connectivity index (χ2v) is 8.30. The minimum absolute atomic E-state index is 0.155. The van der Waals surface area contributed by atoms with Gasteiger partial charge in [-0.2, -0.15) is 5.10 Å². The van der Waals surface area contributed by atoms with E-state index >= 15 is 0 Å².